The summed E-state index contributed by atoms with van der Waals surface area (Å²) in [5, 5.41) is 2.41. The van der Waals surface area contributed by atoms with E-state index >= 15 is 0 Å². The number of nitrogens with zero attached hydrogens (tertiary/aromatic N) is 2. The lowest BCUT2D eigenvalue weighted by Gasteiger charge is -2.22. The average molecular weight is 396 g/mol. The highest BCUT2D eigenvalue weighted by atomic mass is 16.4. The van der Waals surface area contributed by atoms with Gasteiger partial charge >= 0.3 is 0 Å². The smallest absolute Gasteiger partial charge is 0.288 e. The van der Waals surface area contributed by atoms with E-state index in [-0.39, 0.29) is 5.41 Å². The van der Waals surface area contributed by atoms with E-state index in [1.807, 2.05) is 0 Å². The number of hydrogen-bond acceptors (Lipinski definition) is 4. The van der Waals surface area contributed by atoms with Crippen LogP contribution in [0.4, 0.5) is 0 Å². The first-order valence-electron chi connectivity index (χ1n) is 10.2. The molecule has 4 heteroatoms. The molecule has 0 bridgehead atoms. The Morgan fingerprint density at radius 1 is 0.700 bits per heavy atom. The highest BCUT2D eigenvalue weighted by molar-refractivity contribution is 5.90. The molecule has 5 aromatic rings. The molecule has 3 aromatic carbocycles. The molecule has 0 spiro atoms. The van der Waals surface area contributed by atoms with Crippen LogP contribution in [-0.2, 0) is 5.41 Å². The molecule has 0 amide bonds. The van der Waals surface area contributed by atoms with Crippen molar-refractivity contribution < 1.29 is 8.83 Å². The van der Waals surface area contributed by atoms with Crippen molar-refractivity contribution in [1.82, 2.24) is 9.97 Å². The van der Waals surface area contributed by atoms with E-state index in [0.717, 1.165) is 11.1 Å². The van der Waals surface area contributed by atoms with Gasteiger partial charge in [0.05, 0.1) is 0 Å². The summed E-state index contributed by atoms with van der Waals surface area (Å²) in [6.07, 6.45) is 0. The zero-order valence-electron chi connectivity index (χ0n) is 17.9. The number of hydrogen-bond donors (Lipinski definition) is 0. The topological polar surface area (TPSA) is 52.1 Å². The van der Waals surface area contributed by atoms with Gasteiger partial charge in [-0.2, -0.15) is 9.97 Å². The van der Waals surface area contributed by atoms with Gasteiger partial charge in [-0.1, -0.05) is 62.2 Å². The van der Waals surface area contributed by atoms with Crippen LogP contribution in [0, 0.1) is 13.8 Å². The second kappa shape index (κ2) is 6.56. The fourth-order valence-electron chi connectivity index (χ4n) is 4.04. The van der Waals surface area contributed by atoms with Crippen molar-refractivity contribution in [3.05, 3.63) is 71.3 Å². The van der Waals surface area contributed by atoms with Crippen LogP contribution in [-0.4, -0.2) is 9.97 Å². The Bertz CT molecular complexity index is 1350. The maximum Gasteiger partial charge on any atom is 0.288 e. The predicted molar refractivity (Wildman–Crippen MR) is 121 cm³/mol. The molecule has 0 aliphatic heterocycles. The summed E-state index contributed by atoms with van der Waals surface area (Å²) >= 11 is 0. The van der Waals surface area contributed by atoms with Gasteiger partial charge in [0.15, 0.2) is 0 Å². The van der Waals surface area contributed by atoms with E-state index in [1.54, 1.807) is 0 Å². The Morgan fingerprint density at radius 3 is 1.87 bits per heavy atom. The Balaban J connectivity index is 1.62. The van der Waals surface area contributed by atoms with Crippen LogP contribution < -0.4 is 0 Å². The summed E-state index contributed by atoms with van der Waals surface area (Å²) < 4.78 is 12.0. The molecule has 5 rings (SSSR count). The van der Waals surface area contributed by atoms with Gasteiger partial charge in [0.1, 0.15) is 0 Å². The van der Waals surface area contributed by atoms with Gasteiger partial charge in [0.25, 0.3) is 11.4 Å². The van der Waals surface area contributed by atoms with Crippen LogP contribution in [0.2, 0.25) is 0 Å². The Hall–Kier alpha value is -3.40. The van der Waals surface area contributed by atoms with Gasteiger partial charge in [0, 0.05) is 11.1 Å². The van der Waals surface area contributed by atoms with Crippen molar-refractivity contribution in [3.8, 4) is 22.9 Å². The lowest BCUT2D eigenvalue weighted by Crippen LogP contribution is -2.11. The van der Waals surface area contributed by atoms with Crippen molar-refractivity contribution in [2.24, 2.45) is 0 Å². The normalized spacial score (nSPS) is 12.2. The third kappa shape index (κ3) is 3.18. The van der Waals surface area contributed by atoms with Crippen LogP contribution in [0.3, 0.4) is 0 Å². The standard InChI is InChI=1S/C26H24N2O2/c1-15-10-16(2)12-18(11-15)22-27-24-25(29-22)28-23(30-24)19-13-17-8-6-7-9-20(17)21(14-19)26(3,4)5/h6-14H,1-5H3. The minimum absolute atomic E-state index is 0.00418. The van der Waals surface area contributed by atoms with Crippen LogP contribution in [0.15, 0.2) is 63.4 Å². The highest BCUT2D eigenvalue weighted by Crippen LogP contribution is 2.36. The zero-order chi connectivity index (χ0) is 21.0. The molecular formula is C26H24N2O2. The minimum Gasteiger partial charge on any atom is -0.415 e. The number of oxazole rings is 2. The quantitative estimate of drug-likeness (QED) is 0.316. The van der Waals surface area contributed by atoms with E-state index < -0.39 is 0 Å². The summed E-state index contributed by atoms with van der Waals surface area (Å²) in [5.41, 5.74) is 6.29. The molecule has 0 N–H and O–H groups in total. The summed E-state index contributed by atoms with van der Waals surface area (Å²) in [4.78, 5) is 9.16. The van der Waals surface area contributed by atoms with Crippen molar-refractivity contribution in [3.63, 3.8) is 0 Å². The summed E-state index contributed by atoms with van der Waals surface area (Å²) in [6.45, 7) is 10.8. The number of rotatable bonds is 2. The van der Waals surface area contributed by atoms with E-state index in [4.69, 9.17) is 8.83 Å². The molecule has 0 unspecified atom stereocenters. The third-order valence-corrected chi connectivity index (χ3v) is 5.36. The van der Waals surface area contributed by atoms with Crippen LogP contribution in [0.25, 0.3) is 45.1 Å². The molecule has 0 fully saturated rings. The van der Waals surface area contributed by atoms with Gasteiger partial charge in [-0.25, -0.2) is 0 Å². The van der Waals surface area contributed by atoms with E-state index in [0.29, 0.717) is 23.2 Å². The first-order chi connectivity index (χ1) is 14.3. The number of aryl methyl sites for hydroxylation is 2. The predicted octanol–water partition coefficient (Wildman–Crippen LogP) is 7.22. The van der Waals surface area contributed by atoms with Crippen LogP contribution >= 0.6 is 0 Å². The molecule has 0 aliphatic rings. The Labute approximate surface area is 175 Å². The number of fused-ring (bicyclic) bond motifs is 2. The monoisotopic (exact) mass is 396 g/mol. The maximum absolute atomic E-state index is 6.02. The third-order valence-electron chi connectivity index (χ3n) is 5.36. The van der Waals surface area contributed by atoms with Crippen molar-refractivity contribution in [2.75, 3.05) is 0 Å². The molecule has 0 aliphatic carbocycles. The van der Waals surface area contributed by atoms with Crippen molar-refractivity contribution >= 4 is 22.2 Å². The van der Waals surface area contributed by atoms with E-state index in [9.17, 15) is 0 Å². The lowest BCUT2D eigenvalue weighted by atomic mass is 9.82. The van der Waals surface area contributed by atoms with Gasteiger partial charge in [-0.3, -0.25) is 0 Å². The minimum atomic E-state index is -0.00418. The summed E-state index contributed by atoms with van der Waals surface area (Å²) in [5.74, 6) is 1.06. The number of benzene rings is 3. The van der Waals surface area contributed by atoms with Gasteiger partial charge in [-0.05, 0) is 59.9 Å². The maximum atomic E-state index is 6.02. The first kappa shape index (κ1) is 18.6. The van der Waals surface area contributed by atoms with Gasteiger partial charge in [0.2, 0.25) is 11.8 Å². The molecule has 0 saturated heterocycles. The van der Waals surface area contributed by atoms with Crippen molar-refractivity contribution in [2.45, 2.75) is 40.0 Å². The second-order valence-corrected chi connectivity index (χ2v) is 9.02. The second-order valence-electron chi connectivity index (χ2n) is 9.02. The fraction of sp³-hybridized carbons (Fsp3) is 0.231. The molecule has 0 atom stereocenters. The average Bonchev–Trinajstić information content (AvgIpc) is 3.25. The molecule has 0 radical (unpaired) electrons. The molecule has 2 heterocycles. The SMILES string of the molecule is Cc1cc(C)cc(-c2nc3oc(-c4cc(C(C)(C)C)c5ccccc5c4)nc3o2)c1. The molecule has 2 aromatic heterocycles. The zero-order valence-corrected chi connectivity index (χ0v) is 17.9. The van der Waals surface area contributed by atoms with E-state index in [1.165, 1.54) is 27.5 Å². The summed E-state index contributed by atoms with van der Waals surface area (Å²) in [7, 11) is 0. The largest absolute Gasteiger partial charge is 0.415 e. The molecule has 150 valence electrons. The first-order valence-corrected chi connectivity index (χ1v) is 10.2. The molecule has 0 saturated carbocycles. The summed E-state index contributed by atoms with van der Waals surface area (Å²) in [6, 6.07) is 18.9. The highest BCUT2D eigenvalue weighted by Gasteiger charge is 2.21. The van der Waals surface area contributed by atoms with Gasteiger partial charge in [-0.15, -0.1) is 0 Å². The Morgan fingerprint density at radius 2 is 1.27 bits per heavy atom. The van der Waals surface area contributed by atoms with E-state index in [2.05, 4.69) is 99.2 Å². The fourth-order valence-corrected chi connectivity index (χ4v) is 4.04. The van der Waals surface area contributed by atoms with Crippen LogP contribution in [0.1, 0.15) is 37.5 Å². The lowest BCUT2D eigenvalue weighted by molar-refractivity contribution is 0.591. The number of aromatic nitrogens is 2. The molecular weight excluding hydrogens is 372 g/mol. The van der Waals surface area contributed by atoms with Gasteiger partial charge < -0.3 is 8.83 Å². The Kier molecular flexibility index (Phi) is 4.07. The van der Waals surface area contributed by atoms with Crippen LogP contribution in [0.5, 0.6) is 0 Å². The van der Waals surface area contributed by atoms with Crippen molar-refractivity contribution in [1.29, 1.82) is 0 Å². The molecule has 4 nitrogen and oxygen atoms in total. The molecule has 30 heavy (non-hydrogen) atoms.